The third-order valence-electron chi connectivity index (χ3n) is 11.9. The maximum atomic E-state index is 3.89. The molecule has 0 spiro atoms. The Morgan fingerprint density at radius 3 is 1.39 bits per heavy atom. The van der Waals surface area contributed by atoms with Gasteiger partial charge in [-0.15, -0.1) is 0 Å². The van der Waals surface area contributed by atoms with E-state index in [-0.39, 0.29) is 0 Å². The summed E-state index contributed by atoms with van der Waals surface area (Å²) in [5.41, 5.74) is 19.6. The van der Waals surface area contributed by atoms with Crippen molar-refractivity contribution in [3.05, 3.63) is 237 Å². The van der Waals surface area contributed by atoms with Crippen molar-refractivity contribution in [1.82, 2.24) is 0 Å². The average Bonchev–Trinajstić information content (AvgIpc) is 3.34. The fourth-order valence-electron chi connectivity index (χ4n) is 8.77. The number of nitrogens with zero attached hydrogens (tertiary/aromatic N) is 1. The lowest BCUT2D eigenvalue weighted by atomic mass is 9.57. The van der Waals surface area contributed by atoms with Gasteiger partial charge in [-0.1, -0.05) is 187 Å². The lowest BCUT2D eigenvalue weighted by Gasteiger charge is -2.36. The molecule has 0 atom stereocenters. The molecule has 10 aromatic carbocycles. The van der Waals surface area contributed by atoms with Crippen molar-refractivity contribution in [2.24, 2.45) is 0 Å². The van der Waals surface area contributed by atoms with Gasteiger partial charge in [0, 0.05) is 34.0 Å². The van der Waals surface area contributed by atoms with Gasteiger partial charge in [0.1, 0.15) is 0 Å². The molecule has 285 valence electrons. The number of anilines is 5. The van der Waals surface area contributed by atoms with Gasteiger partial charge in [-0.2, -0.15) is 0 Å². The summed E-state index contributed by atoms with van der Waals surface area (Å²) in [5.74, 6) is 0. The first-order valence-electron chi connectivity index (χ1n) is 20.9. The molecule has 0 unspecified atom stereocenters. The fraction of sp³-hybridized carbons (Fsp3) is 0. The van der Waals surface area contributed by atoms with E-state index < -0.39 is 0 Å². The Balaban J connectivity index is 1.13. The summed E-state index contributed by atoms with van der Waals surface area (Å²) in [5, 5.41) is 6.27. The van der Waals surface area contributed by atoms with Crippen LogP contribution < -0.4 is 21.1 Å². The van der Waals surface area contributed by atoms with Gasteiger partial charge in [-0.05, 0) is 121 Å². The Bertz CT molecular complexity index is 3150. The van der Waals surface area contributed by atoms with E-state index in [0.717, 1.165) is 45.1 Å². The highest BCUT2D eigenvalue weighted by molar-refractivity contribution is 6.73. The second-order valence-electron chi connectivity index (χ2n) is 15.7. The van der Waals surface area contributed by atoms with E-state index in [1.807, 2.05) is 0 Å². The van der Waals surface area contributed by atoms with Gasteiger partial charge >= 0.3 is 0 Å². The number of hydrogen-bond acceptors (Lipinski definition) is 2. The van der Waals surface area contributed by atoms with Gasteiger partial charge in [0.05, 0.1) is 0 Å². The van der Waals surface area contributed by atoms with E-state index in [0.29, 0.717) is 0 Å². The number of nitrogens with one attached hydrogen (secondary N) is 1. The molecular formula is C58H40BN2. The minimum Gasteiger partial charge on any atom is -0.355 e. The van der Waals surface area contributed by atoms with Crippen LogP contribution in [-0.2, 0) is 0 Å². The Morgan fingerprint density at radius 2 is 0.803 bits per heavy atom. The van der Waals surface area contributed by atoms with Crippen molar-refractivity contribution in [1.29, 1.82) is 0 Å². The molecule has 3 heteroatoms. The molecule has 11 rings (SSSR count). The summed E-state index contributed by atoms with van der Waals surface area (Å²) in [7, 11) is 2.41. The van der Waals surface area contributed by atoms with E-state index in [4.69, 9.17) is 0 Å². The Labute approximate surface area is 358 Å². The van der Waals surface area contributed by atoms with Crippen LogP contribution in [-0.4, -0.2) is 7.28 Å². The van der Waals surface area contributed by atoms with Crippen molar-refractivity contribution in [2.75, 3.05) is 10.2 Å². The zero-order chi connectivity index (χ0) is 40.5. The Morgan fingerprint density at radius 1 is 0.328 bits per heavy atom. The second kappa shape index (κ2) is 15.7. The standard InChI is InChI=1S/C58H40BN2/c1-5-15-40(16-6-1)44-25-30-50(31-26-44)60-55-38-47-24-14-13-23-46(47)35-52(55)53-36-49(43-21-11-4-12-22-43)39-57-58(53)59-54-37-48(42-19-9-3-10-20-42)29-34-56(54)61(57)51-32-27-45(28-33-51)41-17-7-2-8-18-41/h1-39,60H. The zero-order valence-corrected chi connectivity index (χ0v) is 33.5. The van der Waals surface area contributed by atoms with Crippen molar-refractivity contribution in [3.8, 4) is 55.6 Å². The Hall–Kier alpha value is -7.88. The molecule has 0 saturated carbocycles. The van der Waals surface area contributed by atoms with E-state index in [9.17, 15) is 0 Å². The monoisotopic (exact) mass is 775 g/mol. The SMILES string of the molecule is [B]1c2cc(-c3ccccc3)ccc2N(c2ccc(-c3ccccc3)cc2)c2cc(-c3ccccc3)cc(-c3cc4ccccc4cc3Nc3ccc(-c4ccccc4)cc3)c21. The summed E-state index contributed by atoms with van der Waals surface area (Å²) in [6, 6.07) is 85.4. The molecule has 0 saturated heterocycles. The normalized spacial score (nSPS) is 11.7. The molecule has 1 aliphatic rings. The molecule has 2 nitrogen and oxygen atoms in total. The largest absolute Gasteiger partial charge is 0.355 e. The van der Waals surface area contributed by atoms with Gasteiger partial charge in [-0.3, -0.25) is 0 Å². The van der Waals surface area contributed by atoms with E-state index in [1.54, 1.807) is 0 Å². The van der Waals surface area contributed by atoms with Crippen molar-refractivity contribution >= 4 is 57.4 Å². The highest BCUT2D eigenvalue weighted by Gasteiger charge is 2.29. The second-order valence-corrected chi connectivity index (χ2v) is 15.7. The number of rotatable bonds is 8. The van der Waals surface area contributed by atoms with Gasteiger partial charge in [0.2, 0.25) is 0 Å². The molecule has 10 aromatic rings. The van der Waals surface area contributed by atoms with E-state index in [2.05, 4.69) is 254 Å². The first-order chi connectivity index (χ1) is 30.2. The van der Waals surface area contributed by atoms with Crippen LogP contribution in [0.5, 0.6) is 0 Å². The number of fused-ring (bicyclic) bond motifs is 3. The quantitative estimate of drug-likeness (QED) is 0.155. The summed E-state index contributed by atoms with van der Waals surface area (Å²) in [6.07, 6.45) is 0. The minimum absolute atomic E-state index is 1.03. The lowest BCUT2D eigenvalue weighted by Crippen LogP contribution is -2.41. The van der Waals surface area contributed by atoms with Gasteiger partial charge in [0.25, 0.3) is 0 Å². The predicted octanol–water partition coefficient (Wildman–Crippen LogP) is 14.4. The van der Waals surface area contributed by atoms with Crippen LogP contribution >= 0.6 is 0 Å². The molecule has 1 radical (unpaired) electrons. The molecule has 0 bridgehead atoms. The fourth-order valence-corrected chi connectivity index (χ4v) is 8.77. The predicted molar refractivity (Wildman–Crippen MR) is 261 cm³/mol. The van der Waals surface area contributed by atoms with Crippen LogP contribution in [0.15, 0.2) is 237 Å². The minimum atomic E-state index is 1.03. The Kier molecular flexibility index (Phi) is 9.33. The van der Waals surface area contributed by atoms with Crippen molar-refractivity contribution in [3.63, 3.8) is 0 Å². The summed E-state index contributed by atoms with van der Waals surface area (Å²) in [4.78, 5) is 2.46. The molecule has 61 heavy (non-hydrogen) atoms. The van der Waals surface area contributed by atoms with Gasteiger partial charge in [0.15, 0.2) is 7.28 Å². The van der Waals surface area contributed by atoms with Crippen LogP contribution in [0.1, 0.15) is 0 Å². The molecule has 0 amide bonds. The average molecular weight is 776 g/mol. The molecule has 0 fully saturated rings. The first kappa shape index (κ1) is 36.2. The number of benzene rings is 10. The maximum Gasteiger partial charge on any atom is 0.197 e. The summed E-state index contributed by atoms with van der Waals surface area (Å²) >= 11 is 0. The first-order valence-corrected chi connectivity index (χ1v) is 20.9. The van der Waals surface area contributed by atoms with Gasteiger partial charge in [-0.25, -0.2) is 0 Å². The van der Waals surface area contributed by atoms with Crippen molar-refractivity contribution < 1.29 is 0 Å². The van der Waals surface area contributed by atoms with Gasteiger partial charge < -0.3 is 10.2 Å². The highest BCUT2D eigenvalue weighted by atomic mass is 15.1. The molecule has 1 N–H and O–H groups in total. The smallest absolute Gasteiger partial charge is 0.197 e. The maximum absolute atomic E-state index is 3.89. The number of hydrogen-bond donors (Lipinski definition) is 1. The van der Waals surface area contributed by atoms with Crippen LogP contribution in [0.3, 0.4) is 0 Å². The van der Waals surface area contributed by atoms with Crippen LogP contribution in [0, 0.1) is 0 Å². The highest BCUT2D eigenvalue weighted by Crippen LogP contribution is 2.43. The zero-order valence-electron chi connectivity index (χ0n) is 33.5. The van der Waals surface area contributed by atoms with Crippen LogP contribution in [0.4, 0.5) is 28.4 Å². The van der Waals surface area contributed by atoms with E-state index in [1.165, 1.54) is 60.6 Å². The molecule has 1 aliphatic heterocycles. The lowest BCUT2D eigenvalue weighted by molar-refractivity contribution is 1.30. The van der Waals surface area contributed by atoms with E-state index >= 15 is 0 Å². The molecule has 0 aromatic heterocycles. The summed E-state index contributed by atoms with van der Waals surface area (Å²) in [6.45, 7) is 0. The summed E-state index contributed by atoms with van der Waals surface area (Å²) < 4.78 is 0. The third-order valence-corrected chi connectivity index (χ3v) is 11.9. The molecule has 0 aliphatic carbocycles. The van der Waals surface area contributed by atoms with Crippen LogP contribution in [0.25, 0.3) is 66.4 Å². The molecule has 1 heterocycles. The molecular weight excluding hydrogens is 735 g/mol. The topological polar surface area (TPSA) is 15.3 Å². The van der Waals surface area contributed by atoms with Crippen molar-refractivity contribution in [2.45, 2.75) is 0 Å². The van der Waals surface area contributed by atoms with Crippen LogP contribution in [0.2, 0.25) is 0 Å². The third kappa shape index (κ3) is 7.07.